The van der Waals surface area contributed by atoms with Gasteiger partial charge in [0.05, 0.1) is 18.9 Å². The van der Waals surface area contributed by atoms with Gasteiger partial charge in [0, 0.05) is 0 Å². The number of carbonyl (C=O) groups is 1. The SMILES string of the molecule is C=C(C)c1cccc(C(C)(C)NC(=O)N/N=C/c2ccc(OC)cc2)c1. The fraction of sp³-hybridized carbons (Fsp3) is 0.238. The molecule has 0 radical (unpaired) electrons. The Morgan fingerprint density at radius 1 is 1.19 bits per heavy atom. The Morgan fingerprint density at radius 2 is 1.88 bits per heavy atom. The number of hydrogen-bond donors (Lipinski definition) is 2. The third kappa shape index (κ3) is 5.21. The maximum absolute atomic E-state index is 12.2. The van der Waals surface area contributed by atoms with Gasteiger partial charge >= 0.3 is 6.03 Å². The number of nitrogens with one attached hydrogen (secondary N) is 2. The molecule has 0 saturated heterocycles. The number of hydrazone groups is 1. The van der Waals surface area contributed by atoms with Gasteiger partial charge in [0.15, 0.2) is 0 Å². The number of carbonyl (C=O) groups excluding carboxylic acids is 1. The summed E-state index contributed by atoms with van der Waals surface area (Å²) in [6.07, 6.45) is 1.58. The molecule has 2 rings (SSSR count). The molecular weight excluding hydrogens is 326 g/mol. The van der Waals surface area contributed by atoms with E-state index in [4.69, 9.17) is 4.74 Å². The van der Waals surface area contributed by atoms with Crippen LogP contribution in [-0.2, 0) is 5.54 Å². The molecule has 136 valence electrons. The molecule has 0 aliphatic carbocycles. The number of rotatable bonds is 6. The van der Waals surface area contributed by atoms with Crippen molar-refractivity contribution >= 4 is 17.8 Å². The number of amides is 2. The first-order chi connectivity index (χ1) is 12.3. The Labute approximate surface area is 154 Å². The molecule has 0 saturated carbocycles. The highest BCUT2D eigenvalue weighted by atomic mass is 16.5. The van der Waals surface area contributed by atoms with E-state index in [1.807, 2.05) is 69.3 Å². The fourth-order valence-electron chi connectivity index (χ4n) is 2.41. The zero-order chi connectivity index (χ0) is 19.2. The van der Waals surface area contributed by atoms with Crippen LogP contribution in [0.25, 0.3) is 5.57 Å². The topological polar surface area (TPSA) is 62.7 Å². The minimum absolute atomic E-state index is 0.375. The number of ether oxygens (including phenoxy) is 1. The first kappa shape index (κ1) is 19.2. The number of methoxy groups -OCH3 is 1. The number of benzene rings is 2. The third-order valence-corrected chi connectivity index (χ3v) is 4.00. The van der Waals surface area contributed by atoms with E-state index in [2.05, 4.69) is 22.4 Å². The zero-order valence-corrected chi connectivity index (χ0v) is 15.7. The van der Waals surface area contributed by atoms with Crippen LogP contribution in [0, 0.1) is 0 Å². The van der Waals surface area contributed by atoms with E-state index in [9.17, 15) is 4.79 Å². The standard InChI is InChI=1S/C21H25N3O2/c1-15(2)17-7-6-8-18(13-17)21(3,4)23-20(25)24-22-14-16-9-11-19(26-5)12-10-16/h6-14H,1H2,2-5H3,(H2,23,24,25)/b22-14+. The summed E-state index contributed by atoms with van der Waals surface area (Å²) < 4.78 is 5.10. The molecule has 0 unspecified atom stereocenters. The Balaban J connectivity index is 1.98. The normalized spacial score (nSPS) is 11.2. The van der Waals surface area contributed by atoms with E-state index in [0.717, 1.165) is 28.0 Å². The second-order valence-corrected chi connectivity index (χ2v) is 6.58. The Kier molecular flexibility index (Phi) is 6.17. The first-order valence-corrected chi connectivity index (χ1v) is 8.33. The lowest BCUT2D eigenvalue weighted by atomic mass is 9.92. The average Bonchev–Trinajstić information content (AvgIpc) is 2.62. The summed E-state index contributed by atoms with van der Waals surface area (Å²) >= 11 is 0. The molecule has 5 heteroatoms. The quantitative estimate of drug-likeness (QED) is 0.602. The van der Waals surface area contributed by atoms with Crippen molar-refractivity contribution in [1.82, 2.24) is 10.7 Å². The average molecular weight is 351 g/mol. The molecule has 2 aromatic rings. The molecule has 0 fully saturated rings. The minimum Gasteiger partial charge on any atom is -0.497 e. The van der Waals surface area contributed by atoms with Gasteiger partial charge < -0.3 is 10.1 Å². The molecular formula is C21H25N3O2. The van der Waals surface area contributed by atoms with Gasteiger partial charge in [0.1, 0.15) is 5.75 Å². The maximum atomic E-state index is 12.2. The van der Waals surface area contributed by atoms with Crippen LogP contribution in [0.5, 0.6) is 5.75 Å². The Bertz CT molecular complexity index is 808. The van der Waals surface area contributed by atoms with Crippen LogP contribution in [-0.4, -0.2) is 19.4 Å². The predicted octanol–water partition coefficient (Wildman–Crippen LogP) is 4.30. The molecule has 0 aliphatic heterocycles. The summed E-state index contributed by atoms with van der Waals surface area (Å²) in [5.41, 5.74) is 5.83. The van der Waals surface area contributed by atoms with Gasteiger partial charge in [-0.05, 0) is 67.8 Å². The second-order valence-electron chi connectivity index (χ2n) is 6.58. The molecule has 0 aromatic heterocycles. The highest BCUT2D eigenvalue weighted by Crippen LogP contribution is 2.23. The van der Waals surface area contributed by atoms with Gasteiger partial charge in [0.25, 0.3) is 0 Å². The van der Waals surface area contributed by atoms with Crippen LogP contribution < -0.4 is 15.5 Å². The summed E-state index contributed by atoms with van der Waals surface area (Å²) in [7, 11) is 1.61. The van der Waals surface area contributed by atoms with E-state index in [1.54, 1.807) is 13.3 Å². The van der Waals surface area contributed by atoms with E-state index in [-0.39, 0.29) is 6.03 Å². The summed E-state index contributed by atoms with van der Waals surface area (Å²) in [5.74, 6) is 0.770. The maximum Gasteiger partial charge on any atom is 0.335 e. The highest BCUT2D eigenvalue weighted by Gasteiger charge is 2.23. The fourth-order valence-corrected chi connectivity index (χ4v) is 2.41. The Hall–Kier alpha value is -3.08. The van der Waals surface area contributed by atoms with Crippen molar-refractivity contribution in [2.45, 2.75) is 26.3 Å². The van der Waals surface area contributed by atoms with Crippen LogP contribution >= 0.6 is 0 Å². The lowest BCUT2D eigenvalue weighted by molar-refractivity contribution is 0.230. The molecule has 2 N–H and O–H groups in total. The smallest absolute Gasteiger partial charge is 0.335 e. The molecule has 0 heterocycles. The van der Waals surface area contributed by atoms with E-state index in [1.165, 1.54) is 0 Å². The number of allylic oxidation sites excluding steroid dienone is 1. The van der Waals surface area contributed by atoms with Crippen molar-refractivity contribution in [1.29, 1.82) is 0 Å². The van der Waals surface area contributed by atoms with Crippen LogP contribution in [0.2, 0.25) is 0 Å². The predicted molar refractivity (Wildman–Crippen MR) is 106 cm³/mol. The third-order valence-electron chi connectivity index (χ3n) is 4.00. The van der Waals surface area contributed by atoms with Gasteiger partial charge in [-0.15, -0.1) is 0 Å². The first-order valence-electron chi connectivity index (χ1n) is 8.33. The minimum atomic E-state index is -0.550. The summed E-state index contributed by atoms with van der Waals surface area (Å²) in [6, 6.07) is 15.0. The van der Waals surface area contributed by atoms with Gasteiger partial charge in [-0.1, -0.05) is 30.4 Å². The Morgan fingerprint density at radius 3 is 2.50 bits per heavy atom. The highest BCUT2D eigenvalue weighted by molar-refractivity contribution is 5.82. The molecule has 2 amide bonds. The van der Waals surface area contributed by atoms with Gasteiger partial charge in [-0.3, -0.25) is 0 Å². The van der Waals surface area contributed by atoms with Crippen molar-refractivity contribution in [2.24, 2.45) is 5.10 Å². The van der Waals surface area contributed by atoms with E-state index >= 15 is 0 Å². The van der Waals surface area contributed by atoms with Crippen LogP contribution in [0.3, 0.4) is 0 Å². The van der Waals surface area contributed by atoms with Gasteiger partial charge in [-0.25, -0.2) is 10.2 Å². The monoisotopic (exact) mass is 351 g/mol. The lowest BCUT2D eigenvalue weighted by Gasteiger charge is -2.27. The molecule has 2 aromatic carbocycles. The van der Waals surface area contributed by atoms with Crippen LogP contribution in [0.1, 0.15) is 37.5 Å². The number of urea groups is 1. The molecule has 0 bridgehead atoms. The van der Waals surface area contributed by atoms with Crippen LogP contribution in [0.15, 0.2) is 60.2 Å². The van der Waals surface area contributed by atoms with Crippen LogP contribution in [0.4, 0.5) is 4.79 Å². The van der Waals surface area contributed by atoms with Crippen molar-refractivity contribution < 1.29 is 9.53 Å². The number of nitrogens with zero attached hydrogens (tertiary/aromatic N) is 1. The summed E-state index contributed by atoms with van der Waals surface area (Å²) in [5, 5.41) is 6.91. The molecule has 26 heavy (non-hydrogen) atoms. The van der Waals surface area contributed by atoms with Crippen molar-refractivity contribution in [3.05, 3.63) is 71.8 Å². The largest absolute Gasteiger partial charge is 0.497 e. The van der Waals surface area contributed by atoms with Crippen molar-refractivity contribution in [3.8, 4) is 5.75 Å². The molecule has 0 aliphatic rings. The lowest BCUT2D eigenvalue weighted by Crippen LogP contribution is -2.45. The van der Waals surface area contributed by atoms with E-state index in [0.29, 0.717) is 0 Å². The van der Waals surface area contributed by atoms with Gasteiger partial charge in [-0.2, -0.15) is 5.10 Å². The zero-order valence-electron chi connectivity index (χ0n) is 15.7. The van der Waals surface area contributed by atoms with Gasteiger partial charge in [0.2, 0.25) is 0 Å². The van der Waals surface area contributed by atoms with Crippen molar-refractivity contribution in [2.75, 3.05) is 7.11 Å². The second kappa shape index (κ2) is 8.34. The van der Waals surface area contributed by atoms with E-state index < -0.39 is 5.54 Å². The molecule has 0 atom stereocenters. The number of hydrogen-bond acceptors (Lipinski definition) is 3. The molecule has 5 nitrogen and oxygen atoms in total. The van der Waals surface area contributed by atoms with Crippen molar-refractivity contribution in [3.63, 3.8) is 0 Å². The summed E-state index contributed by atoms with van der Waals surface area (Å²) in [4.78, 5) is 12.2. The summed E-state index contributed by atoms with van der Waals surface area (Å²) in [6.45, 7) is 9.80. The molecule has 0 spiro atoms.